The third kappa shape index (κ3) is 1.97. The van der Waals surface area contributed by atoms with Gasteiger partial charge in [-0.25, -0.2) is 0 Å². The lowest BCUT2D eigenvalue weighted by atomic mass is 9.88. The van der Waals surface area contributed by atoms with E-state index in [1.165, 1.54) is 0 Å². The van der Waals surface area contributed by atoms with Crippen LogP contribution in [-0.2, 0) is 9.53 Å². The number of ether oxygens (including phenoxy) is 1. The normalized spacial score (nSPS) is 28.3. The largest absolute Gasteiger partial charge is 0.379 e. The van der Waals surface area contributed by atoms with Crippen LogP contribution in [0.1, 0.15) is 26.7 Å². The van der Waals surface area contributed by atoms with Crippen molar-refractivity contribution < 1.29 is 9.53 Å². The predicted molar refractivity (Wildman–Crippen MR) is 46.8 cm³/mol. The number of hydrogen-bond acceptors (Lipinski definition) is 2. The van der Waals surface area contributed by atoms with E-state index in [2.05, 4.69) is 5.32 Å². The van der Waals surface area contributed by atoms with Crippen molar-refractivity contribution in [3.8, 4) is 0 Å². The number of hydrogen-bond donors (Lipinski definition) is 1. The second-order valence-electron chi connectivity index (χ2n) is 3.62. The summed E-state index contributed by atoms with van der Waals surface area (Å²) in [5.41, 5.74) is 0. The molecule has 0 spiro atoms. The first-order valence-corrected chi connectivity index (χ1v) is 4.48. The van der Waals surface area contributed by atoms with Crippen molar-refractivity contribution >= 4 is 5.91 Å². The molecule has 1 aliphatic carbocycles. The molecule has 1 amide bonds. The van der Waals surface area contributed by atoms with E-state index in [4.69, 9.17) is 4.74 Å². The molecule has 1 fully saturated rings. The van der Waals surface area contributed by atoms with Crippen LogP contribution in [0.15, 0.2) is 0 Å². The maximum absolute atomic E-state index is 11.2. The monoisotopic (exact) mass is 171 g/mol. The zero-order chi connectivity index (χ0) is 9.14. The Morgan fingerprint density at radius 3 is 2.50 bits per heavy atom. The summed E-state index contributed by atoms with van der Waals surface area (Å²) in [6.07, 6.45) is 2.36. The minimum absolute atomic E-state index is 0.0723. The van der Waals surface area contributed by atoms with Gasteiger partial charge in [-0.05, 0) is 12.8 Å². The van der Waals surface area contributed by atoms with Crippen molar-refractivity contribution in [3.63, 3.8) is 0 Å². The third-order valence-corrected chi connectivity index (χ3v) is 2.37. The smallest absolute Gasteiger partial charge is 0.222 e. The van der Waals surface area contributed by atoms with Gasteiger partial charge in [0.05, 0.1) is 12.1 Å². The second kappa shape index (κ2) is 3.90. The Hall–Kier alpha value is -0.570. The molecular weight excluding hydrogens is 154 g/mol. The molecule has 3 heteroatoms. The summed E-state index contributed by atoms with van der Waals surface area (Å²) >= 11 is 0. The SMILES string of the molecule is CO[C@@H]1CC[C@@H]1NC(=O)C(C)C. The molecule has 0 heterocycles. The van der Waals surface area contributed by atoms with Gasteiger partial charge in [0.15, 0.2) is 0 Å². The number of carbonyl (C=O) groups excluding carboxylic acids is 1. The van der Waals surface area contributed by atoms with Crippen LogP contribution >= 0.6 is 0 Å². The second-order valence-corrected chi connectivity index (χ2v) is 3.62. The Morgan fingerprint density at radius 1 is 1.50 bits per heavy atom. The molecule has 70 valence electrons. The van der Waals surface area contributed by atoms with Gasteiger partial charge in [-0.15, -0.1) is 0 Å². The molecule has 0 aromatic rings. The quantitative estimate of drug-likeness (QED) is 0.686. The lowest BCUT2D eigenvalue weighted by Crippen LogP contribution is -2.52. The standard InChI is InChI=1S/C9H17NO2/c1-6(2)9(11)10-7-4-5-8(7)12-3/h6-8H,4-5H2,1-3H3,(H,10,11)/t7-,8+/m0/s1. The van der Waals surface area contributed by atoms with Crippen molar-refractivity contribution in [2.75, 3.05) is 7.11 Å². The first-order chi connectivity index (χ1) is 5.65. The summed E-state index contributed by atoms with van der Waals surface area (Å²) < 4.78 is 5.16. The topological polar surface area (TPSA) is 38.3 Å². The molecular formula is C9H17NO2. The highest BCUT2D eigenvalue weighted by atomic mass is 16.5. The summed E-state index contributed by atoms with van der Waals surface area (Å²) in [6.45, 7) is 3.80. The highest BCUT2D eigenvalue weighted by Crippen LogP contribution is 2.22. The molecule has 1 aliphatic rings. The fraction of sp³-hybridized carbons (Fsp3) is 0.889. The first kappa shape index (κ1) is 9.52. The Morgan fingerprint density at radius 2 is 2.17 bits per heavy atom. The van der Waals surface area contributed by atoms with E-state index in [9.17, 15) is 4.79 Å². The van der Waals surface area contributed by atoms with Gasteiger partial charge < -0.3 is 10.1 Å². The lowest BCUT2D eigenvalue weighted by Gasteiger charge is -2.36. The number of rotatable bonds is 3. The third-order valence-electron chi connectivity index (χ3n) is 2.37. The van der Waals surface area contributed by atoms with Gasteiger partial charge in [0.1, 0.15) is 0 Å². The summed E-state index contributed by atoms with van der Waals surface area (Å²) in [4.78, 5) is 11.2. The molecule has 0 aromatic carbocycles. The van der Waals surface area contributed by atoms with E-state index in [1.807, 2.05) is 13.8 Å². The number of amides is 1. The van der Waals surface area contributed by atoms with Crippen molar-refractivity contribution in [2.24, 2.45) is 5.92 Å². The molecule has 0 unspecified atom stereocenters. The highest BCUT2D eigenvalue weighted by molar-refractivity contribution is 5.78. The van der Waals surface area contributed by atoms with Gasteiger partial charge in [0.25, 0.3) is 0 Å². The minimum Gasteiger partial charge on any atom is -0.379 e. The van der Waals surface area contributed by atoms with Crippen LogP contribution < -0.4 is 5.32 Å². The molecule has 12 heavy (non-hydrogen) atoms. The molecule has 0 radical (unpaired) electrons. The van der Waals surface area contributed by atoms with E-state index in [-0.39, 0.29) is 24.0 Å². The van der Waals surface area contributed by atoms with E-state index < -0.39 is 0 Å². The van der Waals surface area contributed by atoms with Crippen LogP contribution in [0.2, 0.25) is 0 Å². The zero-order valence-corrected chi connectivity index (χ0v) is 7.96. The predicted octanol–water partition coefficient (Wildman–Crippen LogP) is 0.936. The van der Waals surface area contributed by atoms with Crippen LogP contribution in [0.4, 0.5) is 0 Å². The summed E-state index contributed by atoms with van der Waals surface area (Å²) in [7, 11) is 1.69. The van der Waals surface area contributed by atoms with E-state index >= 15 is 0 Å². The van der Waals surface area contributed by atoms with E-state index in [0.717, 1.165) is 12.8 Å². The van der Waals surface area contributed by atoms with E-state index in [1.54, 1.807) is 7.11 Å². The lowest BCUT2D eigenvalue weighted by molar-refractivity contribution is -0.127. The minimum atomic E-state index is 0.0723. The van der Waals surface area contributed by atoms with Crippen LogP contribution in [0.5, 0.6) is 0 Å². The molecule has 3 nitrogen and oxygen atoms in total. The Balaban J connectivity index is 2.27. The van der Waals surface area contributed by atoms with Crippen molar-refractivity contribution in [1.29, 1.82) is 0 Å². The molecule has 1 rings (SSSR count). The van der Waals surface area contributed by atoms with Crippen LogP contribution in [-0.4, -0.2) is 25.2 Å². The van der Waals surface area contributed by atoms with Crippen molar-refractivity contribution in [3.05, 3.63) is 0 Å². The maximum Gasteiger partial charge on any atom is 0.222 e. The van der Waals surface area contributed by atoms with Crippen LogP contribution in [0, 0.1) is 5.92 Å². The fourth-order valence-corrected chi connectivity index (χ4v) is 1.27. The Bertz CT molecular complexity index is 166. The van der Waals surface area contributed by atoms with E-state index in [0.29, 0.717) is 0 Å². The highest BCUT2D eigenvalue weighted by Gasteiger charge is 2.32. The molecule has 0 bridgehead atoms. The molecule has 0 aromatic heterocycles. The number of methoxy groups -OCH3 is 1. The Labute approximate surface area is 73.5 Å². The van der Waals surface area contributed by atoms with Gasteiger partial charge in [-0.1, -0.05) is 13.8 Å². The number of carbonyl (C=O) groups is 1. The summed E-state index contributed by atoms with van der Waals surface area (Å²) in [6, 6.07) is 0.255. The van der Waals surface area contributed by atoms with Gasteiger partial charge in [-0.2, -0.15) is 0 Å². The average molecular weight is 171 g/mol. The molecule has 2 atom stereocenters. The summed E-state index contributed by atoms with van der Waals surface area (Å²) in [5, 5.41) is 2.95. The zero-order valence-electron chi connectivity index (χ0n) is 7.96. The van der Waals surface area contributed by atoms with Crippen molar-refractivity contribution in [1.82, 2.24) is 5.32 Å². The molecule has 1 saturated carbocycles. The summed E-state index contributed by atoms with van der Waals surface area (Å²) in [5.74, 6) is 0.199. The van der Waals surface area contributed by atoms with Gasteiger partial charge >= 0.3 is 0 Å². The fourth-order valence-electron chi connectivity index (χ4n) is 1.27. The van der Waals surface area contributed by atoms with Crippen molar-refractivity contribution in [2.45, 2.75) is 38.8 Å². The van der Waals surface area contributed by atoms with Gasteiger partial charge in [-0.3, -0.25) is 4.79 Å². The number of nitrogens with one attached hydrogen (secondary N) is 1. The van der Waals surface area contributed by atoms with Crippen LogP contribution in [0.25, 0.3) is 0 Å². The van der Waals surface area contributed by atoms with Gasteiger partial charge in [0.2, 0.25) is 5.91 Å². The maximum atomic E-state index is 11.2. The molecule has 1 N–H and O–H groups in total. The molecule has 0 aliphatic heterocycles. The molecule has 0 saturated heterocycles. The van der Waals surface area contributed by atoms with Gasteiger partial charge in [0, 0.05) is 13.0 Å². The van der Waals surface area contributed by atoms with Crippen LogP contribution in [0.3, 0.4) is 0 Å². The first-order valence-electron chi connectivity index (χ1n) is 4.48. The Kier molecular flexibility index (Phi) is 3.09. The average Bonchev–Trinajstić information content (AvgIpc) is 1.98.